The van der Waals surface area contributed by atoms with Crippen molar-refractivity contribution in [3.8, 4) is 11.3 Å². The SMILES string of the molecule is CCc1cccc(-c2cc3c(c(C(F)(F)F)c2)CNC3=O)n1. The molecular formula is C16H13F3N2O. The van der Waals surface area contributed by atoms with Gasteiger partial charge in [0.25, 0.3) is 5.91 Å². The molecule has 0 unspecified atom stereocenters. The van der Waals surface area contributed by atoms with Crippen molar-refractivity contribution >= 4 is 5.91 Å². The van der Waals surface area contributed by atoms with Gasteiger partial charge in [-0.1, -0.05) is 13.0 Å². The van der Waals surface area contributed by atoms with Crippen LogP contribution >= 0.6 is 0 Å². The van der Waals surface area contributed by atoms with Gasteiger partial charge in [-0.2, -0.15) is 13.2 Å². The highest BCUT2D eigenvalue weighted by Gasteiger charge is 2.37. The molecule has 1 aromatic heterocycles. The van der Waals surface area contributed by atoms with Crippen LogP contribution < -0.4 is 5.32 Å². The Morgan fingerprint density at radius 1 is 1.27 bits per heavy atom. The highest BCUT2D eigenvalue weighted by atomic mass is 19.4. The molecule has 0 fully saturated rings. The maximum absolute atomic E-state index is 13.3. The summed E-state index contributed by atoms with van der Waals surface area (Å²) >= 11 is 0. The molecule has 0 atom stereocenters. The molecule has 0 radical (unpaired) electrons. The zero-order chi connectivity index (χ0) is 15.9. The van der Waals surface area contributed by atoms with Gasteiger partial charge in [0, 0.05) is 23.4 Å². The van der Waals surface area contributed by atoms with Crippen LogP contribution in [0.25, 0.3) is 11.3 Å². The number of carbonyl (C=O) groups is 1. The minimum absolute atomic E-state index is 0.00731. The molecule has 1 aromatic carbocycles. The predicted molar refractivity (Wildman–Crippen MR) is 75.2 cm³/mol. The lowest BCUT2D eigenvalue weighted by Gasteiger charge is -2.13. The third kappa shape index (κ3) is 2.45. The first kappa shape index (κ1) is 14.6. The topological polar surface area (TPSA) is 42.0 Å². The number of nitrogens with zero attached hydrogens (tertiary/aromatic N) is 1. The number of hydrogen-bond donors (Lipinski definition) is 1. The molecule has 1 aliphatic rings. The monoisotopic (exact) mass is 306 g/mol. The molecule has 1 N–H and O–H groups in total. The fourth-order valence-electron chi connectivity index (χ4n) is 2.57. The molecule has 6 heteroatoms. The number of halogens is 3. The van der Waals surface area contributed by atoms with Crippen LogP contribution in [0.4, 0.5) is 13.2 Å². The quantitative estimate of drug-likeness (QED) is 0.921. The van der Waals surface area contributed by atoms with Crippen molar-refractivity contribution in [3.05, 3.63) is 52.7 Å². The van der Waals surface area contributed by atoms with E-state index in [0.29, 0.717) is 17.7 Å². The summed E-state index contributed by atoms with van der Waals surface area (Å²) in [4.78, 5) is 16.1. The standard InChI is InChI=1S/C16H13F3N2O/c1-2-10-4-3-5-14(21-10)9-6-11-12(8-20-15(11)22)13(7-9)16(17,18)19/h3-7H,2,8H2,1H3,(H,20,22). The van der Waals surface area contributed by atoms with Crippen LogP contribution in [0.2, 0.25) is 0 Å². The molecule has 0 aliphatic carbocycles. The minimum Gasteiger partial charge on any atom is -0.348 e. The third-order valence-corrected chi connectivity index (χ3v) is 3.69. The van der Waals surface area contributed by atoms with E-state index in [0.717, 1.165) is 11.8 Å². The molecule has 22 heavy (non-hydrogen) atoms. The van der Waals surface area contributed by atoms with Crippen molar-refractivity contribution in [3.63, 3.8) is 0 Å². The number of benzene rings is 1. The Labute approximate surface area is 125 Å². The van der Waals surface area contributed by atoms with Crippen molar-refractivity contribution in [2.24, 2.45) is 0 Å². The Bertz CT molecular complexity index is 754. The number of rotatable bonds is 2. The van der Waals surface area contributed by atoms with Crippen molar-refractivity contribution in [1.82, 2.24) is 10.3 Å². The Balaban J connectivity index is 2.21. The van der Waals surface area contributed by atoms with E-state index in [1.54, 1.807) is 12.1 Å². The van der Waals surface area contributed by atoms with Crippen LogP contribution in [-0.4, -0.2) is 10.9 Å². The summed E-state index contributed by atoms with van der Waals surface area (Å²) in [6, 6.07) is 7.76. The number of aromatic nitrogens is 1. The molecule has 1 aliphatic heterocycles. The van der Waals surface area contributed by atoms with Crippen molar-refractivity contribution < 1.29 is 18.0 Å². The van der Waals surface area contributed by atoms with Gasteiger partial charge in [0.2, 0.25) is 0 Å². The summed E-state index contributed by atoms with van der Waals surface area (Å²) in [5.41, 5.74) is 0.838. The van der Waals surface area contributed by atoms with Gasteiger partial charge >= 0.3 is 6.18 Å². The van der Waals surface area contributed by atoms with E-state index >= 15 is 0 Å². The third-order valence-electron chi connectivity index (χ3n) is 3.69. The number of aryl methyl sites for hydroxylation is 1. The van der Waals surface area contributed by atoms with Gasteiger partial charge in [0.1, 0.15) is 0 Å². The molecule has 3 rings (SSSR count). The maximum atomic E-state index is 13.3. The second-order valence-corrected chi connectivity index (χ2v) is 5.10. The predicted octanol–water partition coefficient (Wildman–Crippen LogP) is 3.57. The van der Waals surface area contributed by atoms with Gasteiger partial charge < -0.3 is 5.32 Å². The van der Waals surface area contributed by atoms with Gasteiger partial charge in [0.15, 0.2) is 0 Å². The first-order valence-electron chi connectivity index (χ1n) is 6.88. The normalized spacial score (nSPS) is 13.9. The number of fused-ring (bicyclic) bond motifs is 1. The molecule has 2 aromatic rings. The van der Waals surface area contributed by atoms with E-state index in [4.69, 9.17) is 0 Å². The number of amides is 1. The second kappa shape index (κ2) is 5.12. The molecule has 0 saturated heterocycles. The highest BCUT2D eigenvalue weighted by Crippen LogP contribution is 2.38. The largest absolute Gasteiger partial charge is 0.416 e. The number of pyridine rings is 1. The molecule has 2 heterocycles. The average Bonchev–Trinajstić information content (AvgIpc) is 2.87. The van der Waals surface area contributed by atoms with E-state index in [2.05, 4.69) is 10.3 Å². The van der Waals surface area contributed by atoms with Gasteiger partial charge in [-0.3, -0.25) is 9.78 Å². The molecule has 0 spiro atoms. The zero-order valence-electron chi connectivity index (χ0n) is 11.8. The van der Waals surface area contributed by atoms with Gasteiger partial charge in [-0.15, -0.1) is 0 Å². The van der Waals surface area contributed by atoms with Crippen LogP contribution in [0.15, 0.2) is 30.3 Å². The van der Waals surface area contributed by atoms with Gasteiger partial charge in [-0.25, -0.2) is 0 Å². The van der Waals surface area contributed by atoms with Gasteiger partial charge in [-0.05, 0) is 36.2 Å². The van der Waals surface area contributed by atoms with E-state index in [1.807, 2.05) is 13.0 Å². The van der Waals surface area contributed by atoms with E-state index in [9.17, 15) is 18.0 Å². The lowest BCUT2D eigenvalue weighted by Crippen LogP contribution is -2.12. The summed E-state index contributed by atoms with van der Waals surface area (Å²) in [5, 5.41) is 2.44. The highest BCUT2D eigenvalue weighted by molar-refractivity contribution is 6.00. The number of hydrogen-bond acceptors (Lipinski definition) is 2. The molecule has 3 nitrogen and oxygen atoms in total. The first-order chi connectivity index (χ1) is 10.4. The number of alkyl halides is 3. The van der Waals surface area contributed by atoms with E-state index < -0.39 is 17.6 Å². The first-order valence-corrected chi connectivity index (χ1v) is 6.88. The Morgan fingerprint density at radius 3 is 2.73 bits per heavy atom. The molecular weight excluding hydrogens is 293 g/mol. The molecule has 0 saturated carbocycles. The summed E-state index contributed by atoms with van der Waals surface area (Å²) in [5.74, 6) is -0.478. The van der Waals surface area contributed by atoms with Crippen LogP contribution in [0.3, 0.4) is 0 Å². The van der Waals surface area contributed by atoms with Crippen LogP contribution in [0.5, 0.6) is 0 Å². The van der Waals surface area contributed by atoms with Crippen molar-refractivity contribution in [2.45, 2.75) is 26.1 Å². The zero-order valence-corrected chi connectivity index (χ0v) is 11.8. The van der Waals surface area contributed by atoms with Gasteiger partial charge in [0.05, 0.1) is 11.3 Å². The fourth-order valence-corrected chi connectivity index (χ4v) is 2.57. The summed E-state index contributed by atoms with van der Waals surface area (Å²) in [7, 11) is 0. The van der Waals surface area contributed by atoms with Crippen molar-refractivity contribution in [2.75, 3.05) is 0 Å². The van der Waals surface area contributed by atoms with Crippen LogP contribution in [0, 0.1) is 0 Å². The molecule has 114 valence electrons. The van der Waals surface area contributed by atoms with Crippen LogP contribution in [-0.2, 0) is 19.1 Å². The van der Waals surface area contributed by atoms with Crippen molar-refractivity contribution in [1.29, 1.82) is 0 Å². The fraction of sp³-hybridized carbons (Fsp3) is 0.250. The molecule has 1 amide bonds. The Hall–Kier alpha value is -2.37. The minimum atomic E-state index is -4.51. The van der Waals surface area contributed by atoms with Crippen LogP contribution in [0.1, 0.15) is 34.1 Å². The summed E-state index contributed by atoms with van der Waals surface area (Å²) < 4.78 is 39.8. The lowest BCUT2D eigenvalue weighted by atomic mass is 9.97. The lowest BCUT2D eigenvalue weighted by molar-refractivity contribution is -0.138. The summed E-state index contributed by atoms with van der Waals surface area (Å²) in [6.45, 7) is 1.83. The smallest absolute Gasteiger partial charge is 0.348 e. The maximum Gasteiger partial charge on any atom is 0.416 e. The van der Waals surface area contributed by atoms with E-state index in [-0.39, 0.29) is 17.7 Å². The second-order valence-electron chi connectivity index (χ2n) is 5.10. The number of carbonyl (C=O) groups excluding carboxylic acids is 1. The Kier molecular flexibility index (Phi) is 3.39. The number of nitrogens with one attached hydrogen (secondary N) is 1. The average molecular weight is 306 g/mol. The molecule has 0 bridgehead atoms. The summed E-state index contributed by atoms with van der Waals surface area (Å²) in [6.07, 6.45) is -3.82. The Morgan fingerprint density at radius 2 is 2.05 bits per heavy atom. The van der Waals surface area contributed by atoms with E-state index in [1.165, 1.54) is 6.07 Å².